The molecule has 1 saturated carbocycles. The lowest BCUT2D eigenvalue weighted by molar-refractivity contribution is -0.122. The van der Waals surface area contributed by atoms with Gasteiger partial charge in [0.25, 0.3) is 0 Å². The molecular weight excluding hydrogens is 492 g/mol. The van der Waals surface area contributed by atoms with Crippen LogP contribution >= 0.6 is 15.9 Å². The van der Waals surface area contributed by atoms with Crippen molar-refractivity contribution in [2.45, 2.75) is 62.9 Å². The number of ether oxygens (including phenoxy) is 1. The van der Waals surface area contributed by atoms with E-state index < -0.39 is 10.0 Å². The van der Waals surface area contributed by atoms with Crippen LogP contribution in [-0.4, -0.2) is 37.8 Å². The monoisotopic (exact) mass is 522 g/mol. The van der Waals surface area contributed by atoms with Crippen LogP contribution < -0.4 is 10.1 Å². The first kappa shape index (κ1) is 24.7. The molecule has 32 heavy (non-hydrogen) atoms. The maximum Gasteiger partial charge on any atom is 0.243 e. The number of hydrogen-bond donors (Lipinski definition) is 1. The Morgan fingerprint density at radius 2 is 1.72 bits per heavy atom. The number of hydrogen-bond acceptors (Lipinski definition) is 4. The van der Waals surface area contributed by atoms with Crippen molar-refractivity contribution < 1.29 is 17.9 Å². The van der Waals surface area contributed by atoms with E-state index in [0.717, 1.165) is 42.1 Å². The zero-order chi connectivity index (χ0) is 23.1. The van der Waals surface area contributed by atoms with Gasteiger partial charge in [-0.15, -0.1) is 0 Å². The van der Waals surface area contributed by atoms with Crippen molar-refractivity contribution in [3.63, 3.8) is 0 Å². The molecule has 0 bridgehead atoms. The van der Waals surface area contributed by atoms with Crippen molar-refractivity contribution in [2.24, 2.45) is 0 Å². The molecule has 1 N–H and O–H groups in total. The number of amides is 1. The molecule has 0 radical (unpaired) electrons. The first-order valence-electron chi connectivity index (χ1n) is 11.1. The second-order valence-electron chi connectivity index (χ2n) is 8.09. The third-order valence-corrected chi connectivity index (χ3v) is 8.21. The summed E-state index contributed by atoms with van der Waals surface area (Å²) in [5, 5.41) is 2.95. The van der Waals surface area contributed by atoms with Gasteiger partial charge >= 0.3 is 0 Å². The normalized spacial score (nSPS) is 16.0. The van der Waals surface area contributed by atoms with Crippen LogP contribution in [0.15, 0.2) is 57.9 Å². The molecule has 0 saturated heterocycles. The largest absolute Gasteiger partial charge is 0.494 e. The smallest absolute Gasteiger partial charge is 0.243 e. The molecule has 1 aliphatic rings. The molecule has 1 fully saturated rings. The summed E-state index contributed by atoms with van der Waals surface area (Å²) < 4.78 is 34.8. The minimum absolute atomic E-state index is 0.172. The van der Waals surface area contributed by atoms with Crippen LogP contribution in [0.1, 0.15) is 57.6 Å². The van der Waals surface area contributed by atoms with Gasteiger partial charge in [-0.05, 0) is 68.7 Å². The van der Waals surface area contributed by atoms with Crippen LogP contribution in [0.5, 0.6) is 5.75 Å². The SMILES string of the molecule is CCOc1ccc(S(=O)(=O)N(CC(=O)N[C@H](C)c2ccc(Br)cc2)C2CCCCC2)cc1. The fraction of sp³-hybridized carbons (Fsp3) is 0.458. The van der Waals surface area contributed by atoms with Gasteiger partial charge in [0, 0.05) is 10.5 Å². The fourth-order valence-corrected chi connectivity index (χ4v) is 5.96. The first-order chi connectivity index (χ1) is 15.3. The van der Waals surface area contributed by atoms with Crippen LogP contribution in [0, 0.1) is 0 Å². The average molecular weight is 523 g/mol. The lowest BCUT2D eigenvalue weighted by Gasteiger charge is -2.33. The number of benzene rings is 2. The predicted molar refractivity (Wildman–Crippen MR) is 129 cm³/mol. The first-order valence-corrected chi connectivity index (χ1v) is 13.3. The van der Waals surface area contributed by atoms with E-state index in [2.05, 4.69) is 21.2 Å². The number of nitrogens with one attached hydrogen (secondary N) is 1. The maximum atomic E-state index is 13.5. The summed E-state index contributed by atoms with van der Waals surface area (Å²) in [6.45, 7) is 4.09. The Morgan fingerprint density at radius 1 is 1.09 bits per heavy atom. The van der Waals surface area contributed by atoms with E-state index in [1.54, 1.807) is 24.3 Å². The van der Waals surface area contributed by atoms with Crippen LogP contribution in [-0.2, 0) is 14.8 Å². The molecular formula is C24H31BrN2O4S. The maximum absolute atomic E-state index is 13.5. The second kappa shape index (κ2) is 11.3. The van der Waals surface area contributed by atoms with Gasteiger partial charge in [-0.2, -0.15) is 4.31 Å². The highest BCUT2D eigenvalue weighted by molar-refractivity contribution is 9.10. The summed E-state index contributed by atoms with van der Waals surface area (Å²) in [6, 6.07) is 13.7. The molecule has 0 spiro atoms. The topological polar surface area (TPSA) is 75.7 Å². The molecule has 8 heteroatoms. The van der Waals surface area contributed by atoms with Crippen molar-refractivity contribution in [3.8, 4) is 5.75 Å². The lowest BCUT2D eigenvalue weighted by atomic mass is 9.95. The Balaban J connectivity index is 1.78. The summed E-state index contributed by atoms with van der Waals surface area (Å²) in [7, 11) is -3.82. The summed E-state index contributed by atoms with van der Waals surface area (Å²) in [6.07, 6.45) is 4.58. The molecule has 0 unspecified atom stereocenters. The molecule has 2 aromatic carbocycles. The molecule has 0 aliphatic heterocycles. The summed E-state index contributed by atoms with van der Waals surface area (Å²) >= 11 is 3.41. The number of halogens is 1. The van der Waals surface area contributed by atoms with Crippen molar-refractivity contribution in [1.82, 2.24) is 9.62 Å². The highest BCUT2D eigenvalue weighted by atomic mass is 79.9. The highest BCUT2D eigenvalue weighted by Crippen LogP contribution is 2.28. The Kier molecular flexibility index (Phi) is 8.73. The van der Waals surface area contributed by atoms with Crippen LogP contribution in [0.3, 0.4) is 0 Å². The van der Waals surface area contributed by atoms with Crippen molar-refractivity contribution in [2.75, 3.05) is 13.2 Å². The molecule has 0 aromatic heterocycles. The van der Waals surface area contributed by atoms with Gasteiger partial charge in [-0.1, -0.05) is 47.3 Å². The van der Waals surface area contributed by atoms with E-state index in [1.165, 1.54) is 4.31 Å². The molecule has 0 heterocycles. The number of nitrogens with zero attached hydrogens (tertiary/aromatic N) is 1. The zero-order valence-electron chi connectivity index (χ0n) is 18.6. The van der Waals surface area contributed by atoms with E-state index in [0.29, 0.717) is 12.4 Å². The van der Waals surface area contributed by atoms with E-state index >= 15 is 0 Å². The van der Waals surface area contributed by atoms with E-state index in [-0.39, 0.29) is 29.4 Å². The van der Waals surface area contributed by atoms with Crippen LogP contribution in [0.4, 0.5) is 0 Å². The minimum atomic E-state index is -3.82. The quantitative estimate of drug-likeness (QED) is 0.499. The van der Waals surface area contributed by atoms with Gasteiger partial charge in [0.2, 0.25) is 15.9 Å². The van der Waals surface area contributed by atoms with Gasteiger partial charge in [0.15, 0.2) is 0 Å². The third-order valence-electron chi connectivity index (χ3n) is 5.77. The third kappa shape index (κ3) is 6.33. The molecule has 1 atom stereocenters. The number of carbonyl (C=O) groups excluding carboxylic acids is 1. The Hall–Kier alpha value is -1.90. The Bertz CT molecular complexity index is 988. The molecule has 1 amide bonds. The van der Waals surface area contributed by atoms with Crippen LogP contribution in [0.2, 0.25) is 0 Å². The predicted octanol–water partition coefficient (Wildman–Crippen LogP) is 5.05. The van der Waals surface area contributed by atoms with Gasteiger partial charge in [0.1, 0.15) is 5.75 Å². The molecule has 6 nitrogen and oxygen atoms in total. The summed E-state index contributed by atoms with van der Waals surface area (Å²) in [4.78, 5) is 13.1. The van der Waals surface area contributed by atoms with Gasteiger partial charge < -0.3 is 10.1 Å². The van der Waals surface area contributed by atoms with Crippen molar-refractivity contribution >= 4 is 31.9 Å². The van der Waals surface area contributed by atoms with Gasteiger partial charge in [0.05, 0.1) is 24.1 Å². The summed E-state index contributed by atoms with van der Waals surface area (Å²) in [5.74, 6) is 0.317. The van der Waals surface area contributed by atoms with E-state index in [1.807, 2.05) is 38.1 Å². The fourth-order valence-electron chi connectivity index (χ4n) is 4.05. The van der Waals surface area contributed by atoms with Crippen LogP contribution in [0.25, 0.3) is 0 Å². The minimum Gasteiger partial charge on any atom is -0.494 e. The van der Waals surface area contributed by atoms with Gasteiger partial charge in [-0.25, -0.2) is 8.42 Å². The Labute approximate surface area is 199 Å². The second-order valence-corrected chi connectivity index (χ2v) is 10.9. The van der Waals surface area contributed by atoms with Crippen molar-refractivity contribution in [3.05, 3.63) is 58.6 Å². The summed E-state index contributed by atoms with van der Waals surface area (Å²) in [5.41, 5.74) is 0.958. The highest BCUT2D eigenvalue weighted by Gasteiger charge is 2.34. The van der Waals surface area contributed by atoms with Gasteiger partial charge in [-0.3, -0.25) is 4.79 Å². The molecule has 174 valence electrons. The zero-order valence-corrected chi connectivity index (χ0v) is 21.0. The lowest BCUT2D eigenvalue weighted by Crippen LogP contribution is -2.47. The molecule has 1 aliphatic carbocycles. The van der Waals surface area contributed by atoms with Crippen molar-refractivity contribution in [1.29, 1.82) is 0 Å². The standard InChI is InChI=1S/C24H31BrN2O4S/c1-3-31-22-13-15-23(16-14-22)32(29,30)27(21-7-5-4-6-8-21)17-24(28)26-18(2)19-9-11-20(25)12-10-19/h9-16,18,21H,3-8,17H2,1-2H3,(H,26,28)/t18-/m1/s1. The molecule has 3 rings (SSSR count). The average Bonchev–Trinajstić information content (AvgIpc) is 2.79. The Morgan fingerprint density at radius 3 is 2.31 bits per heavy atom. The molecule has 2 aromatic rings. The number of rotatable bonds is 9. The number of carbonyl (C=O) groups is 1. The van der Waals surface area contributed by atoms with E-state index in [9.17, 15) is 13.2 Å². The van der Waals surface area contributed by atoms with E-state index in [4.69, 9.17) is 4.74 Å². The number of sulfonamides is 1.